The van der Waals surface area contributed by atoms with Crippen LogP contribution in [0.2, 0.25) is 0 Å². The molecule has 1 saturated heterocycles. The van der Waals surface area contributed by atoms with E-state index in [-0.39, 0.29) is 12.0 Å². The third-order valence-corrected chi connectivity index (χ3v) is 2.58. The van der Waals surface area contributed by atoms with Crippen LogP contribution in [0.5, 0.6) is 0 Å². The lowest BCUT2D eigenvalue weighted by atomic mass is 10.1. The number of likely N-dealkylation sites (N-methyl/N-ethyl adjacent to an activating group) is 1. The zero-order chi connectivity index (χ0) is 15.8. The van der Waals surface area contributed by atoms with Crippen LogP contribution in [0.25, 0.3) is 0 Å². The van der Waals surface area contributed by atoms with Gasteiger partial charge in [-0.2, -0.15) is 0 Å². The van der Waals surface area contributed by atoms with E-state index in [0.29, 0.717) is 6.42 Å². The molecule has 3 nitrogen and oxygen atoms in total. The summed E-state index contributed by atoms with van der Waals surface area (Å²) in [5.41, 5.74) is 0. The molecule has 0 saturated carbocycles. The van der Waals surface area contributed by atoms with Gasteiger partial charge in [0.2, 0.25) is 5.91 Å². The molecule has 1 aliphatic heterocycles. The Morgan fingerprint density at radius 1 is 1.00 bits per heavy atom. The molecule has 0 radical (unpaired) electrons. The number of hydrogen-bond acceptors (Lipinski definition) is 2. The second-order valence-corrected chi connectivity index (χ2v) is 3.83. The lowest BCUT2D eigenvalue weighted by molar-refractivity contribution is -0.135. The van der Waals surface area contributed by atoms with Crippen LogP contribution in [0.3, 0.4) is 0 Å². The SMILES string of the molecule is CC.CC.COC1CCC(=O)N(C)C1.c1ccccc1. The highest BCUT2D eigenvalue weighted by atomic mass is 16.5. The topological polar surface area (TPSA) is 29.5 Å². The van der Waals surface area contributed by atoms with Gasteiger partial charge in [0.15, 0.2) is 0 Å². The second-order valence-electron chi connectivity index (χ2n) is 3.83. The van der Waals surface area contributed by atoms with Crippen molar-refractivity contribution in [3.8, 4) is 0 Å². The molecule has 0 bridgehead atoms. The Hall–Kier alpha value is -1.35. The fraction of sp³-hybridized carbons (Fsp3) is 0.588. The summed E-state index contributed by atoms with van der Waals surface area (Å²) >= 11 is 0. The number of benzene rings is 1. The van der Waals surface area contributed by atoms with Gasteiger partial charge in [0.05, 0.1) is 6.10 Å². The summed E-state index contributed by atoms with van der Waals surface area (Å²) in [6.45, 7) is 8.75. The highest BCUT2D eigenvalue weighted by molar-refractivity contribution is 5.76. The Bertz CT molecular complexity index is 274. The van der Waals surface area contributed by atoms with Crippen molar-refractivity contribution in [1.29, 1.82) is 0 Å². The maximum absolute atomic E-state index is 10.9. The van der Waals surface area contributed by atoms with Gasteiger partial charge in [-0.05, 0) is 6.42 Å². The van der Waals surface area contributed by atoms with Gasteiger partial charge in [0.1, 0.15) is 0 Å². The molecule has 1 fully saturated rings. The Morgan fingerprint density at radius 2 is 1.40 bits per heavy atom. The van der Waals surface area contributed by atoms with Crippen molar-refractivity contribution < 1.29 is 9.53 Å². The van der Waals surface area contributed by atoms with E-state index in [1.54, 1.807) is 12.0 Å². The predicted molar refractivity (Wildman–Crippen MR) is 86.8 cm³/mol. The molecule has 1 amide bonds. The fourth-order valence-corrected chi connectivity index (χ4v) is 1.55. The summed E-state index contributed by atoms with van der Waals surface area (Å²) in [6.07, 6.45) is 1.76. The van der Waals surface area contributed by atoms with Crippen LogP contribution < -0.4 is 0 Å². The molecule has 1 aromatic carbocycles. The van der Waals surface area contributed by atoms with Crippen LogP contribution in [0, 0.1) is 0 Å². The molecule has 0 spiro atoms. The maximum atomic E-state index is 10.9. The molecular weight excluding hydrogens is 250 g/mol. The van der Waals surface area contributed by atoms with Crippen molar-refractivity contribution >= 4 is 5.91 Å². The minimum atomic E-state index is 0.230. The molecular formula is C17H31NO2. The van der Waals surface area contributed by atoms with Crippen LogP contribution in [0.1, 0.15) is 40.5 Å². The van der Waals surface area contributed by atoms with Crippen molar-refractivity contribution in [3.63, 3.8) is 0 Å². The summed E-state index contributed by atoms with van der Waals surface area (Å²) in [6, 6.07) is 12.0. The molecule has 1 aliphatic rings. The van der Waals surface area contributed by atoms with Gasteiger partial charge >= 0.3 is 0 Å². The largest absolute Gasteiger partial charge is 0.380 e. The van der Waals surface area contributed by atoms with E-state index in [4.69, 9.17) is 4.74 Å². The minimum absolute atomic E-state index is 0.230. The monoisotopic (exact) mass is 281 g/mol. The highest BCUT2D eigenvalue weighted by Gasteiger charge is 2.21. The van der Waals surface area contributed by atoms with Gasteiger partial charge in [-0.15, -0.1) is 0 Å². The van der Waals surface area contributed by atoms with E-state index < -0.39 is 0 Å². The van der Waals surface area contributed by atoms with Gasteiger partial charge in [0, 0.05) is 27.1 Å². The Balaban J connectivity index is 0. The first kappa shape index (κ1) is 21.0. The first-order chi connectivity index (χ1) is 9.74. The van der Waals surface area contributed by atoms with Crippen molar-refractivity contribution in [3.05, 3.63) is 36.4 Å². The van der Waals surface area contributed by atoms with E-state index in [1.165, 1.54) is 0 Å². The van der Waals surface area contributed by atoms with Crippen LogP contribution >= 0.6 is 0 Å². The standard InChI is InChI=1S/C7H13NO2.C6H6.2C2H6/c1-8-5-6(10-2)3-4-7(8)9;1-2-4-6-5-3-1;2*1-2/h6H,3-5H2,1-2H3;1-6H;2*1-2H3. The number of methoxy groups -OCH3 is 1. The Labute approximate surface area is 124 Å². The van der Waals surface area contributed by atoms with Crippen molar-refractivity contribution in [2.45, 2.75) is 46.6 Å². The number of carbonyl (C=O) groups excluding carboxylic acids is 1. The molecule has 1 atom stereocenters. The number of nitrogens with zero attached hydrogens (tertiary/aromatic N) is 1. The normalized spacial score (nSPS) is 16.6. The van der Waals surface area contributed by atoms with Crippen LogP contribution in [0.4, 0.5) is 0 Å². The third-order valence-electron chi connectivity index (χ3n) is 2.58. The Morgan fingerprint density at radius 3 is 1.70 bits per heavy atom. The molecule has 1 heterocycles. The van der Waals surface area contributed by atoms with Crippen molar-refractivity contribution in [2.75, 3.05) is 20.7 Å². The molecule has 0 N–H and O–H groups in total. The van der Waals surface area contributed by atoms with Gasteiger partial charge < -0.3 is 9.64 Å². The van der Waals surface area contributed by atoms with E-state index in [0.717, 1.165) is 13.0 Å². The minimum Gasteiger partial charge on any atom is -0.380 e. The number of ether oxygens (including phenoxy) is 1. The number of carbonyl (C=O) groups is 1. The van der Waals surface area contributed by atoms with Crippen LogP contribution in [-0.2, 0) is 9.53 Å². The average molecular weight is 281 g/mol. The lowest BCUT2D eigenvalue weighted by Gasteiger charge is -2.28. The highest BCUT2D eigenvalue weighted by Crippen LogP contribution is 2.11. The van der Waals surface area contributed by atoms with Crippen molar-refractivity contribution in [1.82, 2.24) is 4.90 Å². The van der Waals surface area contributed by atoms with Crippen molar-refractivity contribution in [2.24, 2.45) is 0 Å². The third kappa shape index (κ3) is 10.6. The molecule has 1 aromatic rings. The van der Waals surface area contributed by atoms with Crippen LogP contribution in [-0.4, -0.2) is 37.6 Å². The smallest absolute Gasteiger partial charge is 0.222 e. The van der Waals surface area contributed by atoms with E-state index >= 15 is 0 Å². The molecule has 0 aromatic heterocycles. The zero-order valence-corrected chi connectivity index (χ0v) is 13.9. The molecule has 2 rings (SSSR count). The summed E-state index contributed by atoms with van der Waals surface area (Å²) in [7, 11) is 3.50. The number of piperidine rings is 1. The number of amides is 1. The molecule has 1 unspecified atom stereocenters. The Kier molecular flexibility index (Phi) is 16.5. The first-order valence-electron chi connectivity index (χ1n) is 7.51. The maximum Gasteiger partial charge on any atom is 0.222 e. The van der Waals surface area contributed by atoms with Gasteiger partial charge in [-0.25, -0.2) is 0 Å². The van der Waals surface area contributed by atoms with Gasteiger partial charge in [-0.3, -0.25) is 4.79 Å². The average Bonchev–Trinajstić information content (AvgIpc) is 2.56. The lowest BCUT2D eigenvalue weighted by Crippen LogP contribution is -2.40. The van der Waals surface area contributed by atoms with Crippen LogP contribution in [0.15, 0.2) is 36.4 Å². The van der Waals surface area contributed by atoms with E-state index in [2.05, 4.69) is 0 Å². The summed E-state index contributed by atoms with van der Waals surface area (Å²) in [5.74, 6) is 0.230. The first-order valence-corrected chi connectivity index (χ1v) is 7.51. The summed E-state index contributed by atoms with van der Waals surface area (Å²) < 4.78 is 5.12. The number of rotatable bonds is 1. The molecule has 0 aliphatic carbocycles. The van der Waals surface area contributed by atoms with E-state index in [1.807, 2.05) is 71.1 Å². The molecule has 20 heavy (non-hydrogen) atoms. The quantitative estimate of drug-likeness (QED) is 0.779. The predicted octanol–water partition coefficient (Wildman–Crippen LogP) is 3.99. The molecule has 3 heteroatoms. The van der Waals surface area contributed by atoms with E-state index in [9.17, 15) is 4.79 Å². The number of likely N-dealkylation sites (tertiary alicyclic amines) is 1. The number of hydrogen-bond donors (Lipinski definition) is 0. The summed E-state index contributed by atoms with van der Waals surface area (Å²) in [4.78, 5) is 12.6. The fourth-order valence-electron chi connectivity index (χ4n) is 1.55. The van der Waals surface area contributed by atoms with Gasteiger partial charge in [-0.1, -0.05) is 64.1 Å². The van der Waals surface area contributed by atoms with Gasteiger partial charge in [0.25, 0.3) is 0 Å². The second kappa shape index (κ2) is 15.7. The molecule has 116 valence electrons. The zero-order valence-electron chi connectivity index (χ0n) is 13.9. The summed E-state index contributed by atoms with van der Waals surface area (Å²) in [5, 5.41) is 0.